The molecule has 1 aromatic rings. The number of fused-ring (bicyclic) bond motifs is 1. The Bertz CT molecular complexity index is 587. The van der Waals surface area contributed by atoms with Gasteiger partial charge in [0.15, 0.2) is 11.5 Å². The molecule has 1 unspecified atom stereocenters. The summed E-state index contributed by atoms with van der Waals surface area (Å²) in [5.74, 6) is 1.71. The van der Waals surface area contributed by atoms with Gasteiger partial charge in [-0.3, -0.25) is 4.79 Å². The maximum Gasteiger partial charge on any atom is 0.231 e. The van der Waals surface area contributed by atoms with Crippen molar-refractivity contribution in [2.75, 3.05) is 40.1 Å². The highest BCUT2D eigenvalue weighted by molar-refractivity contribution is 5.78. The number of benzene rings is 1. The quantitative estimate of drug-likeness (QED) is 0.755. The smallest absolute Gasteiger partial charge is 0.231 e. The first-order chi connectivity index (χ1) is 12.2. The van der Waals surface area contributed by atoms with Gasteiger partial charge in [-0.25, -0.2) is 0 Å². The van der Waals surface area contributed by atoms with E-state index in [0.29, 0.717) is 13.2 Å². The van der Waals surface area contributed by atoms with E-state index in [1.165, 1.54) is 0 Å². The molecule has 2 heterocycles. The van der Waals surface area contributed by atoms with Crippen molar-refractivity contribution >= 4 is 5.91 Å². The molecule has 138 valence electrons. The van der Waals surface area contributed by atoms with Crippen molar-refractivity contribution in [2.45, 2.75) is 25.6 Å². The molecule has 0 saturated carbocycles. The Balaban J connectivity index is 1.35. The molecule has 2 N–H and O–H groups in total. The molecule has 1 atom stereocenters. The average Bonchev–Trinajstić information content (AvgIpc) is 3.09. The number of ether oxygens (including phenoxy) is 3. The molecule has 3 rings (SSSR count). The van der Waals surface area contributed by atoms with E-state index in [1.54, 1.807) is 7.05 Å². The molecule has 0 aromatic heterocycles. The zero-order valence-electron chi connectivity index (χ0n) is 14.6. The van der Waals surface area contributed by atoms with Crippen LogP contribution >= 0.6 is 0 Å². The lowest BCUT2D eigenvalue weighted by molar-refractivity contribution is -0.126. The van der Waals surface area contributed by atoms with Crippen molar-refractivity contribution < 1.29 is 24.1 Å². The minimum atomic E-state index is -0.537. The number of likely N-dealkylation sites (tertiary alicyclic amines) is 1. The van der Waals surface area contributed by atoms with E-state index < -0.39 is 6.10 Å². The molecular weight excluding hydrogens is 324 g/mol. The summed E-state index contributed by atoms with van der Waals surface area (Å²) in [5.41, 5.74) is 0.989. The summed E-state index contributed by atoms with van der Waals surface area (Å²) in [6.07, 6.45) is 1.14. The molecule has 1 saturated heterocycles. The topological polar surface area (TPSA) is 80.3 Å². The number of carbonyl (C=O) groups is 1. The number of aliphatic hydroxyl groups excluding tert-OH is 1. The molecule has 1 fully saturated rings. The molecule has 7 nitrogen and oxygen atoms in total. The van der Waals surface area contributed by atoms with Gasteiger partial charge in [0, 0.05) is 19.5 Å². The first-order valence-electron chi connectivity index (χ1n) is 8.74. The third-order valence-electron chi connectivity index (χ3n) is 4.69. The van der Waals surface area contributed by atoms with Gasteiger partial charge in [0.05, 0.1) is 19.3 Å². The number of β-amino-alcohol motifs (C(OH)–C–C–N with tert-alkyl or cyclic N) is 1. The summed E-state index contributed by atoms with van der Waals surface area (Å²) >= 11 is 0. The number of hydrogen-bond acceptors (Lipinski definition) is 6. The number of hydrogen-bond donors (Lipinski definition) is 2. The highest BCUT2D eigenvalue weighted by Gasteiger charge is 2.25. The zero-order valence-corrected chi connectivity index (χ0v) is 14.6. The standard InChI is InChI=1S/C18H26N2O5/c1-19-18(22)14-4-6-20(7-5-14)9-15(21)11-23-10-13-2-3-16-17(8-13)25-12-24-16/h2-3,8,14-15,21H,4-7,9-12H2,1H3,(H,19,22). The van der Waals surface area contributed by atoms with Crippen molar-refractivity contribution in [3.05, 3.63) is 23.8 Å². The summed E-state index contributed by atoms with van der Waals surface area (Å²) in [6, 6.07) is 5.70. The maximum absolute atomic E-state index is 11.6. The van der Waals surface area contributed by atoms with Crippen LogP contribution in [-0.2, 0) is 16.1 Å². The Kier molecular flexibility index (Phi) is 6.12. The number of nitrogens with zero attached hydrogens (tertiary/aromatic N) is 1. The second-order valence-electron chi connectivity index (χ2n) is 6.55. The van der Waals surface area contributed by atoms with E-state index in [0.717, 1.165) is 43.0 Å². The molecule has 2 aliphatic heterocycles. The van der Waals surface area contributed by atoms with E-state index in [9.17, 15) is 9.90 Å². The van der Waals surface area contributed by atoms with Crippen LogP contribution in [0.5, 0.6) is 11.5 Å². The van der Waals surface area contributed by atoms with E-state index in [2.05, 4.69) is 10.2 Å². The van der Waals surface area contributed by atoms with E-state index in [-0.39, 0.29) is 25.2 Å². The van der Waals surface area contributed by atoms with Crippen LogP contribution in [0.3, 0.4) is 0 Å². The Hall–Kier alpha value is -1.83. The van der Waals surface area contributed by atoms with Gasteiger partial charge >= 0.3 is 0 Å². The molecule has 0 aliphatic carbocycles. The SMILES string of the molecule is CNC(=O)C1CCN(CC(O)COCc2ccc3c(c2)OCO3)CC1. The lowest BCUT2D eigenvalue weighted by atomic mass is 9.96. The molecule has 25 heavy (non-hydrogen) atoms. The van der Waals surface area contributed by atoms with Gasteiger partial charge in [0.1, 0.15) is 0 Å². The second-order valence-corrected chi connectivity index (χ2v) is 6.55. The molecule has 0 radical (unpaired) electrons. The van der Waals surface area contributed by atoms with Crippen LogP contribution < -0.4 is 14.8 Å². The van der Waals surface area contributed by atoms with Gasteiger partial charge in [0.25, 0.3) is 0 Å². The van der Waals surface area contributed by atoms with Crippen LogP contribution in [0.2, 0.25) is 0 Å². The lowest BCUT2D eigenvalue weighted by Crippen LogP contribution is -2.43. The molecule has 7 heteroatoms. The minimum absolute atomic E-state index is 0.0978. The summed E-state index contributed by atoms with van der Waals surface area (Å²) in [4.78, 5) is 13.8. The zero-order chi connectivity index (χ0) is 17.6. The maximum atomic E-state index is 11.6. The van der Waals surface area contributed by atoms with Crippen LogP contribution in [0.1, 0.15) is 18.4 Å². The molecule has 0 bridgehead atoms. The Morgan fingerprint density at radius 1 is 1.36 bits per heavy atom. The van der Waals surface area contributed by atoms with Crippen LogP contribution in [0.25, 0.3) is 0 Å². The van der Waals surface area contributed by atoms with E-state index in [1.807, 2.05) is 18.2 Å². The van der Waals surface area contributed by atoms with Gasteiger partial charge in [-0.15, -0.1) is 0 Å². The Labute approximate surface area is 147 Å². The fourth-order valence-corrected chi connectivity index (χ4v) is 3.28. The van der Waals surface area contributed by atoms with Gasteiger partial charge in [-0.1, -0.05) is 6.07 Å². The highest BCUT2D eigenvalue weighted by atomic mass is 16.7. The van der Waals surface area contributed by atoms with Crippen LogP contribution in [0.4, 0.5) is 0 Å². The fourth-order valence-electron chi connectivity index (χ4n) is 3.28. The normalized spacial score (nSPS) is 19.0. The molecular formula is C18H26N2O5. The third kappa shape index (κ3) is 4.84. The van der Waals surface area contributed by atoms with E-state index in [4.69, 9.17) is 14.2 Å². The monoisotopic (exact) mass is 350 g/mol. The van der Waals surface area contributed by atoms with Gasteiger partial charge in [-0.2, -0.15) is 0 Å². The number of piperidine rings is 1. The van der Waals surface area contributed by atoms with Crippen LogP contribution in [0.15, 0.2) is 18.2 Å². The van der Waals surface area contributed by atoms with Gasteiger partial charge in [-0.05, 0) is 43.6 Å². The van der Waals surface area contributed by atoms with E-state index >= 15 is 0 Å². The Morgan fingerprint density at radius 2 is 2.12 bits per heavy atom. The summed E-state index contributed by atoms with van der Waals surface area (Å²) in [5, 5.41) is 12.9. The van der Waals surface area contributed by atoms with Crippen molar-refractivity contribution in [1.29, 1.82) is 0 Å². The number of carbonyl (C=O) groups excluding carboxylic acids is 1. The fraction of sp³-hybridized carbons (Fsp3) is 0.611. The van der Waals surface area contributed by atoms with Crippen molar-refractivity contribution in [3.8, 4) is 11.5 Å². The number of rotatable bonds is 7. The molecule has 1 amide bonds. The molecule has 1 aromatic carbocycles. The summed E-state index contributed by atoms with van der Waals surface area (Å²) < 4.78 is 16.2. The minimum Gasteiger partial charge on any atom is -0.454 e. The van der Waals surface area contributed by atoms with Crippen molar-refractivity contribution in [1.82, 2.24) is 10.2 Å². The summed E-state index contributed by atoms with van der Waals surface area (Å²) in [6.45, 7) is 3.20. The molecule has 0 spiro atoms. The highest BCUT2D eigenvalue weighted by Crippen LogP contribution is 2.32. The number of aliphatic hydroxyl groups is 1. The van der Waals surface area contributed by atoms with Crippen LogP contribution in [-0.4, -0.2) is 62.1 Å². The summed E-state index contributed by atoms with van der Waals surface area (Å²) in [7, 11) is 1.68. The van der Waals surface area contributed by atoms with Gasteiger partial charge < -0.3 is 29.5 Å². The number of amides is 1. The average molecular weight is 350 g/mol. The molecule has 2 aliphatic rings. The third-order valence-corrected chi connectivity index (χ3v) is 4.69. The second kappa shape index (κ2) is 8.51. The predicted molar refractivity (Wildman–Crippen MR) is 91.5 cm³/mol. The van der Waals surface area contributed by atoms with Crippen molar-refractivity contribution in [3.63, 3.8) is 0 Å². The largest absolute Gasteiger partial charge is 0.454 e. The predicted octanol–water partition coefficient (Wildman–Crippen LogP) is 0.751. The van der Waals surface area contributed by atoms with Gasteiger partial charge in [0.2, 0.25) is 12.7 Å². The Morgan fingerprint density at radius 3 is 2.88 bits per heavy atom. The first kappa shape index (κ1) is 18.0. The van der Waals surface area contributed by atoms with Crippen LogP contribution in [0, 0.1) is 5.92 Å². The first-order valence-corrected chi connectivity index (χ1v) is 8.74. The number of nitrogens with one attached hydrogen (secondary N) is 1. The van der Waals surface area contributed by atoms with Crippen molar-refractivity contribution in [2.24, 2.45) is 5.92 Å². The lowest BCUT2D eigenvalue weighted by Gasteiger charge is -2.32.